The van der Waals surface area contributed by atoms with Crippen LogP contribution in [0.25, 0.3) is 10.9 Å². The van der Waals surface area contributed by atoms with Gasteiger partial charge in [-0.25, -0.2) is 0 Å². The van der Waals surface area contributed by atoms with Gasteiger partial charge in [0, 0.05) is 47.2 Å². The summed E-state index contributed by atoms with van der Waals surface area (Å²) in [4.78, 5) is 20.2. The minimum atomic E-state index is 0.00922. The van der Waals surface area contributed by atoms with Crippen LogP contribution in [0.5, 0.6) is 0 Å². The molecule has 2 N–H and O–H groups in total. The van der Waals surface area contributed by atoms with Gasteiger partial charge in [0.2, 0.25) is 0 Å². The van der Waals surface area contributed by atoms with Gasteiger partial charge in [-0.1, -0.05) is 18.2 Å². The van der Waals surface area contributed by atoms with E-state index >= 15 is 0 Å². The molecule has 6 rings (SSSR count). The molecular formula is C24H27N5O. The van der Waals surface area contributed by atoms with E-state index in [1.54, 1.807) is 0 Å². The van der Waals surface area contributed by atoms with Crippen LogP contribution in [0.1, 0.15) is 46.7 Å². The summed E-state index contributed by atoms with van der Waals surface area (Å²) in [6.07, 6.45) is 5.44. The molecule has 3 heterocycles. The number of carbonyl (C=O) groups is 1. The number of hydrogen-bond donors (Lipinski definition) is 2. The maximum absolute atomic E-state index is 13.0. The van der Waals surface area contributed by atoms with E-state index in [1.165, 1.54) is 23.9 Å². The van der Waals surface area contributed by atoms with E-state index in [4.69, 9.17) is 4.98 Å². The summed E-state index contributed by atoms with van der Waals surface area (Å²) in [5.41, 5.74) is 6.31. The zero-order chi connectivity index (χ0) is 20.2. The molecule has 3 aromatic rings. The second-order valence-corrected chi connectivity index (χ2v) is 9.18. The van der Waals surface area contributed by atoms with Gasteiger partial charge in [0.15, 0.2) is 5.69 Å². The summed E-state index contributed by atoms with van der Waals surface area (Å²) in [7, 11) is 0. The van der Waals surface area contributed by atoms with E-state index in [1.807, 2.05) is 0 Å². The van der Waals surface area contributed by atoms with Crippen molar-refractivity contribution in [2.45, 2.75) is 45.1 Å². The molecule has 1 amide bonds. The molecule has 1 saturated carbocycles. The van der Waals surface area contributed by atoms with Crippen molar-refractivity contribution in [3.8, 4) is 0 Å². The number of carbonyl (C=O) groups excluding carboxylic acids is 1. The normalized spacial score (nSPS) is 25.0. The van der Waals surface area contributed by atoms with E-state index in [0.29, 0.717) is 17.5 Å². The number of aromatic nitrogens is 3. The Kier molecular flexibility index (Phi) is 4.08. The van der Waals surface area contributed by atoms with Crippen LogP contribution in [0.15, 0.2) is 30.3 Å². The monoisotopic (exact) mass is 401 g/mol. The Balaban J connectivity index is 1.24. The number of nitrogens with one attached hydrogen (secondary N) is 2. The number of H-pyrrole nitrogens is 1. The summed E-state index contributed by atoms with van der Waals surface area (Å²) < 4.78 is 0. The molecule has 30 heavy (non-hydrogen) atoms. The lowest BCUT2D eigenvalue weighted by Gasteiger charge is -2.40. The molecule has 0 radical (unpaired) electrons. The molecular weight excluding hydrogens is 374 g/mol. The van der Waals surface area contributed by atoms with Gasteiger partial charge in [-0.3, -0.25) is 14.9 Å². The largest absolute Gasteiger partial charge is 0.370 e. The third-order valence-corrected chi connectivity index (χ3v) is 7.32. The number of pyridine rings is 1. The SMILES string of the molecule is Cc1cc(N2C[C@H]3CC[C@@H](C2)C3NC(=O)c2n[nH]c3c2CCC3)c2ccccc2n1. The standard InChI is InChI=1S/C24H27N5O/c1-14-11-21(17-5-2-3-7-19(17)25-14)29-12-15-9-10-16(13-29)22(15)26-24(30)23-18-6-4-8-20(18)27-28-23/h2-3,5,7,11,15-16,22H,4,6,8-10,12-13H2,1H3,(H,26,30)(H,27,28)/t15-,16+,22?. The number of piperidine rings is 1. The lowest BCUT2D eigenvalue weighted by molar-refractivity contribution is 0.0904. The molecule has 154 valence electrons. The Morgan fingerprint density at radius 1 is 1.17 bits per heavy atom. The van der Waals surface area contributed by atoms with E-state index in [0.717, 1.165) is 54.8 Å². The second-order valence-electron chi connectivity index (χ2n) is 9.18. The molecule has 1 aromatic carbocycles. The molecule has 0 spiro atoms. The first-order chi connectivity index (χ1) is 14.7. The van der Waals surface area contributed by atoms with Crippen molar-refractivity contribution in [2.75, 3.05) is 18.0 Å². The highest BCUT2D eigenvalue weighted by Gasteiger charge is 2.43. The predicted molar refractivity (Wildman–Crippen MR) is 117 cm³/mol. The molecule has 3 aliphatic rings. The molecule has 6 nitrogen and oxygen atoms in total. The Bertz CT molecular complexity index is 1120. The quantitative estimate of drug-likeness (QED) is 0.705. The van der Waals surface area contributed by atoms with Crippen molar-refractivity contribution in [3.63, 3.8) is 0 Å². The van der Waals surface area contributed by atoms with E-state index in [9.17, 15) is 4.79 Å². The van der Waals surface area contributed by atoms with Crippen LogP contribution >= 0.6 is 0 Å². The number of amides is 1. The fourth-order valence-electron chi connectivity index (χ4n) is 5.93. The van der Waals surface area contributed by atoms with E-state index in [-0.39, 0.29) is 11.9 Å². The molecule has 3 atom stereocenters. The summed E-state index contributed by atoms with van der Waals surface area (Å²) >= 11 is 0. The predicted octanol–water partition coefficient (Wildman–Crippen LogP) is 3.40. The van der Waals surface area contributed by atoms with Crippen molar-refractivity contribution in [3.05, 3.63) is 53.0 Å². The van der Waals surface area contributed by atoms with Gasteiger partial charge in [-0.05, 0) is 63.0 Å². The van der Waals surface area contributed by atoms with E-state index < -0.39 is 0 Å². The Morgan fingerprint density at radius 3 is 2.80 bits per heavy atom. The average molecular weight is 402 g/mol. The minimum Gasteiger partial charge on any atom is -0.370 e. The first-order valence-corrected chi connectivity index (χ1v) is 11.2. The van der Waals surface area contributed by atoms with Crippen LogP contribution in [0, 0.1) is 18.8 Å². The molecule has 2 aromatic heterocycles. The number of benzene rings is 1. The number of anilines is 1. The van der Waals surface area contributed by atoms with E-state index in [2.05, 4.69) is 57.7 Å². The number of hydrogen-bond acceptors (Lipinski definition) is 4. The molecule has 2 bridgehead atoms. The summed E-state index contributed by atoms with van der Waals surface area (Å²) in [6, 6.07) is 10.9. The van der Waals surface area contributed by atoms with Crippen LogP contribution in [-0.4, -0.2) is 40.2 Å². The zero-order valence-electron chi connectivity index (χ0n) is 17.3. The van der Waals surface area contributed by atoms with Crippen LogP contribution in [0.2, 0.25) is 0 Å². The number of rotatable bonds is 3. The average Bonchev–Trinajstić information content (AvgIpc) is 3.41. The van der Waals surface area contributed by atoms with Crippen LogP contribution < -0.4 is 10.2 Å². The number of nitrogens with zero attached hydrogens (tertiary/aromatic N) is 3. The minimum absolute atomic E-state index is 0.00922. The van der Waals surface area contributed by atoms with Crippen molar-refractivity contribution in [2.24, 2.45) is 11.8 Å². The highest BCUT2D eigenvalue weighted by Crippen LogP contribution is 2.40. The van der Waals surface area contributed by atoms with Crippen molar-refractivity contribution >= 4 is 22.5 Å². The van der Waals surface area contributed by atoms with Crippen LogP contribution in [-0.2, 0) is 12.8 Å². The van der Waals surface area contributed by atoms with Gasteiger partial charge in [-0.2, -0.15) is 5.10 Å². The van der Waals surface area contributed by atoms with Gasteiger partial charge < -0.3 is 10.2 Å². The Labute approximate surface area is 176 Å². The maximum atomic E-state index is 13.0. The van der Waals surface area contributed by atoms with Crippen molar-refractivity contribution < 1.29 is 4.79 Å². The van der Waals surface area contributed by atoms with Gasteiger partial charge in [-0.15, -0.1) is 0 Å². The topological polar surface area (TPSA) is 73.9 Å². The lowest BCUT2D eigenvalue weighted by atomic mass is 9.91. The Morgan fingerprint density at radius 2 is 1.97 bits per heavy atom. The van der Waals surface area contributed by atoms with Crippen LogP contribution in [0.3, 0.4) is 0 Å². The van der Waals surface area contributed by atoms with Crippen molar-refractivity contribution in [1.29, 1.82) is 0 Å². The van der Waals surface area contributed by atoms with Crippen molar-refractivity contribution in [1.82, 2.24) is 20.5 Å². The van der Waals surface area contributed by atoms with Gasteiger partial charge in [0.25, 0.3) is 5.91 Å². The highest BCUT2D eigenvalue weighted by molar-refractivity contribution is 5.94. The second kappa shape index (κ2) is 6.83. The summed E-state index contributed by atoms with van der Waals surface area (Å²) in [6.45, 7) is 4.03. The zero-order valence-corrected chi connectivity index (χ0v) is 17.3. The molecule has 2 aliphatic carbocycles. The molecule has 1 saturated heterocycles. The van der Waals surface area contributed by atoms with Gasteiger partial charge in [0.05, 0.1) is 5.52 Å². The number of aryl methyl sites for hydroxylation is 2. The first-order valence-electron chi connectivity index (χ1n) is 11.2. The first kappa shape index (κ1) is 17.9. The summed E-state index contributed by atoms with van der Waals surface area (Å²) in [5, 5.41) is 12.0. The number of para-hydroxylation sites is 1. The molecule has 1 aliphatic heterocycles. The third kappa shape index (κ3) is 2.81. The molecule has 1 unspecified atom stereocenters. The maximum Gasteiger partial charge on any atom is 0.272 e. The van der Waals surface area contributed by atoms with Gasteiger partial charge >= 0.3 is 0 Å². The number of fused-ring (bicyclic) bond motifs is 4. The molecule has 2 fully saturated rings. The van der Waals surface area contributed by atoms with Gasteiger partial charge in [0.1, 0.15) is 0 Å². The Hall–Kier alpha value is -2.89. The smallest absolute Gasteiger partial charge is 0.272 e. The fourth-order valence-corrected chi connectivity index (χ4v) is 5.93. The fraction of sp³-hybridized carbons (Fsp3) is 0.458. The van der Waals surface area contributed by atoms with Crippen LogP contribution in [0.4, 0.5) is 5.69 Å². The third-order valence-electron chi connectivity index (χ3n) is 7.32. The lowest BCUT2D eigenvalue weighted by Crippen LogP contribution is -2.53. The highest BCUT2D eigenvalue weighted by atomic mass is 16.2. The summed E-state index contributed by atoms with van der Waals surface area (Å²) in [5.74, 6) is 0.966. The molecule has 6 heteroatoms. The number of aromatic amines is 1.